The molecule has 0 saturated heterocycles. The fourth-order valence-electron chi connectivity index (χ4n) is 3.12. The number of amides is 1. The quantitative estimate of drug-likeness (QED) is 0.514. The third kappa shape index (κ3) is 5.48. The molecule has 3 aromatic carbocycles. The van der Waals surface area contributed by atoms with Crippen molar-refractivity contribution in [1.82, 2.24) is 4.90 Å². The molecule has 0 heterocycles. The molecule has 0 aliphatic carbocycles. The van der Waals surface area contributed by atoms with E-state index in [1.165, 1.54) is 0 Å². The van der Waals surface area contributed by atoms with Crippen LogP contribution in [0, 0.1) is 0 Å². The fourth-order valence-corrected chi connectivity index (χ4v) is 3.12. The first-order chi connectivity index (χ1) is 14.2. The molecule has 0 aliphatic heterocycles. The number of hydrogen-bond acceptors (Lipinski definition) is 3. The van der Waals surface area contributed by atoms with E-state index in [9.17, 15) is 4.79 Å². The van der Waals surface area contributed by atoms with E-state index in [4.69, 9.17) is 9.47 Å². The molecule has 0 radical (unpaired) electrons. The van der Waals surface area contributed by atoms with E-state index in [1.54, 1.807) is 26.4 Å². The second-order valence-electron chi connectivity index (χ2n) is 6.58. The molecule has 4 heteroatoms. The summed E-state index contributed by atoms with van der Waals surface area (Å²) in [5.74, 6) is 1.24. The Balaban J connectivity index is 1.85. The third-order valence-corrected chi connectivity index (χ3v) is 4.60. The number of rotatable bonds is 8. The van der Waals surface area contributed by atoms with Gasteiger partial charge in [-0.15, -0.1) is 0 Å². The lowest BCUT2D eigenvalue weighted by atomic mass is 10.1. The monoisotopic (exact) mass is 387 g/mol. The predicted octanol–water partition coefficient (Wildman–Crippen LogP) is 4.95. The molecule has 3 aromatic rings. The van der Waals surface area contributed by atoms with Crippen molar-refractivity contribution in [3.05, 3.63) is 102 Å². The Hall–Kier alpha value is -3.53. The molecule has 0 saturated carbocycles. The Kier molecular flexibility index (Phi) is 7.06. The fraction of sp³-hybridized carbons (Fsp3) is 0.160. The molecule has 0 atom stereocenters. The summed E-state index contributed by atoms with van der Waals surface area (Å²) in [5.41, 5.74) is 2.91. The molecule has 1 amide bonds. The van der Waals surface area contributed by atoms with Crippen LogP contribution in [0.15, 0.2) is 84.9 Å². The number of carbonyl (C=O) groups excluding carboxylic acids is 1. The van der Waals surface area contributed by atoms with Gasteiger partial charge in [-0.05, 0) is 29.3 Å². The van der Waals surface area contributed by atoms with E-state index >= 15 is 0 Å². The summed E-state index contributed by atoms with van der Waals surface area (Å²) in [6, 6.07) is 25.5. The van der Waals surface area contributed by atoms with Gasteiger partial charge in [-0.3, -0.25) is 4.79 Å². The molecule has 0 aliphatic rings. The van der Waals surface area contributed by atoms with Gasteiger partial charge in [0.1, 0.15) is 11.5 Å². The Morgan fingerprint density at radius 1 is 0.759 bits per heavy atom. The third-order valence-electron chi connectivity index (χ3n) is 4.60. The first kappa shape index (κ1) is 20.2. The Bertz CT molecular complexity index is 889. The summed E-state index contributed by atoms with van der Waals surface area (Å²) in [4.78, 5) is 14.9. The average molecular weight is 387 g/mol. The van der Waals surface area contributed by atoms with Crippen LogP contribution in [-0.2, 0) is 17.9 Å². The number of nitrogens with zero attached hydrogens (tertiary/aromatic N) is 1. The van der Waals surface area contributed by atoms with Crippen molar-refractivity contribution in [2.45, 2.75) is 13.1 Å². The Labute approximate surface area is 172 Å². The molecule has 148 valence electrons. The zero-order valence-electron chi connectivity index (χ0n) is 16.7. The predicted molar refractivity (Wildman–Crippen MR) is 116 cm³/mol. The molecule has 29 heavy (non-hydrogen) atoms. The van der Waals surface area contributed by atoms with Gasteiger partial charge in [0.05, 0.1) is 19.8 Å². The van der Waals surface area contributed by atoms with Gasteiger partial charge in [-0.25, -0.2) is 0 Å². The Morgan fingerprint density at radius 2 is 1.24 bits per heavy atom. The maximum atomic E-state index is 13.1. The van der Waals surface area contributed by atoms with Crippen molar-refractivity contribution in [1.29, 1.82) is 0 Å². The van der Waals surface area contributed by atoms with Gasteiger partial charge in [-0.1, -0.05) is 66.7 Å². The van der Waals surface area contributed by atoms with Gasteiger partial charge < -0.3 is 14.4 Å². The van der Waals surface area contributed by atoms with Crippen LogP contribution in [0.3, 0.4) is 0 Å². The zero-order chi connectivity index (χ0) is 20.5. The molecule has 4 nitrogen and oxygen atoms in total. The maximum absolute atomic E-state index is 13.1. The topological polar surface area (TPSA) is 38.8 Å². The maximum Gasteiger partial charge on any atom is 0.247 e. The van der Waals surface area contributed by atoms with Crippen molar-refractivity contribution in [2.24, 2.45) is 0 Å². The van der Waals surface area contributed by atoms with E-state index in [0.29, 0.717) is 24.6 Å². The second-order valence-corrected chi connectivity index (χ2v) is 6.58. The largest absolute Gasteiger partial charge is 0.496 e. The van der Waals surface area contributed by atoms with Crippen LogP contribution in [0.2, 0.25) is 0 Å². The van der Waals surface area contributed by atoms with Crippen LogP contribution >= 0.6 is 0 Å². The van der Waals surface area contributed by atoms with Crippen LogP contribution < -0.4 is 9.47 Å². The number of hydrogen-bond donors (Lipinski definition) is 0. The highest BCUT2D eigenvalue weighted by atomic mass is 16.5. The van der Waals surface area contributed by atoms with Gasteiger partial charge in [-0.2, -0.15) is 0 Å². The molecular weight excluding hydrogens is 362 g/mol. The standard InChI is InChI=1S/C25H25NO3/c1-28-23-14-9-15-24(29-2)22(23)16-17-25(27)26(18-20-10-5-3-6-11-20)19-21-12-7-4-8-13-21/h3-17H,18-19H2,1-2H3. The summed E-state index contributed by atoms with van der Waals surface area (Å²) < 4.78 is 10.8. The van der Waals surface area contributed by atoms with Gasteiger partial charge in [0.25, 0.3) is 0 Å². The van der Waals surface area contributed by atoms with Crippen molar-refractivity contribution < 1.29 is 14.3 Å². The molecule has 0 N–H and O–H groups in total. The summed E-state index contributed by atoms with van der Waals surface area (Å²) in [7, 11) is 3.20. The van der Waals surface area contributed by atoms with Crippen LogP contribution in [0.5, 0.6) is 11.5 Å². The molecular formula is C25H25NO3. The average Bonchev–Trinajstić information content (AvgIpc) is 2.78. The lowest BCUT2D eigenvalue weighted by Gasteiger charge is -2.22. The normalized spacial score (nSPS) is 10.7. The van der Waals surface area contributed by atoms with Crippen LogP contribution in [-0.4, -0.2) is 25.0 Å². The number of ether oxygens (including phenoxy) is 2. The van der Waals surface area contributed by atoms with Gasteiger partial charge >= 0.3 is 0 Å². The number of carbonyl (C=O) groups is 1. The minimum atomic E-state index is -0.0781. The van der Waals surface area contributed by atoms with Crippen molar-refractivity contribution in [3.63, 3.8) is 0 Å². The number of benzene rings is 3. The first-order valence-electron chi connectivity index (χ1n) is 9.47. The molecule has 0 aromatic heterocycles. The zero-order valence-corrected chi connectivity index (χ0v) is 16.7. The molecule has 0 bridgehead atoms. The summed E-state index contributed by atoms with van der Waals surface area (Å²) in [5, 5.41) is 0. The molecule has 0 fully saturated rings. The van der Waals surface area contributed by atoms with Crippen LogP contribution in [0.25, 0.3) is 6.08 Å². The highest BCUT2D eigenvalue weighted by Crippen LogP contribution is 2.29. The molecule has 0 unspecified atom stereocenters. The highest BCUT2D eigenvalue weighted by molar-refractivity contribution is 5.92. The minimum Gasteiger partial charge on any atom is -0.496 e. The van der Waals surface area contributed by atoms with Gasteiger partial charge in [0.2, 0.25) is 5.91 Å². The SMILES string of the molecule is COc1cccc(OC)c1C=CC(=O)N(Cc1ccccc1)Cc1ccccc1. The second kappa shape index (κ2) is 10.1. The van der Waals surface area contributed by atoms with E-state index in [2.05, 4.69) is 0 Å². The summed E-state index contributed by atoms with van der Waals surface area (Å²) in [6.45, 7) is 1.06. The van der Waals surface area contributed by atoms with Crippen molar-refractivity contribution in [3.8, 4) is 11.5 Å². The van der Waals surface area contributed by atoms with E-state index in [0.717, 1.165) is 16.7 Å². The highest BCUT2D eigenvalue weighted by Gasteiger charge is 2.13. The first-order valence-corrected chi connectivity index (χ1v) is 9.47. The lowest BCUT2D eigenvalue weighted by Crippen LogP contribution is -2.28. The Morgan fingerprint density at radius 3 is 1.69 bits per heavy atom. The summed E-state index contributed by atoms with van der Waals surface area (Å²) in [6.07, 6.45) is 3.33. The number of methoxy groups -OCH3 is 2. The van der Waals surface area contributed by atoms with Gasteiger partial charge in [0, 0.05) is 19.2 Å². The van der Waals surface area contributed by atoms with Crippen LogP contribution in [0.4, 0.5) is 0 Å². The van der Waals surface area contributed by atoms with Crippen molar-refractivity contribution in [2.75, 3.05) is 14.2 Å². The van der Waals surface area contributed by atoms with Crippen LogP contribution in [0.1, 0.15) is 16.7 Å². The van der Waals surface area contributed by atoms with E-state index < -0.39 is 0 Å². The minimum absolute atomic E-state index is 0.0781. The van der Waals surface area contributed by atoms with E-state index in [-0.39, 0.29) is 5.91 Å². The van der Waals surface area contributed by atoms with Crippen molar-refractivity contribution >= 4 is 12.0 Å². The molecule has 0 spiro atoms. The van der Waals surface area contributed by atoms with E-state index in [1.807, 2.05) is 83.8 Å². The van der Waals surface area contributed by atoms with Gasteiger partial charge in [0.15, 0.2) is 0 Å². The summed E-state index contributed by atoms with van der Waals surface area (Å²) >= 11 is 0. The molecule has 3 rings (SSSR count). The smallest absolute Gasteiger partial charge is 0.247 e. The lowest BCUT2D eigenvalue weighted by molar-refractivity contribution is -0.127.